The Morgan fingerprint density at radius 2 is 2.16 bits per heavy atom. The number of hydrogen-bond donors (Lipinski definition) is 0. The number of ether oxygens (including phenoxy) is 1. The summed E-state index contributed by atoms with van der Waals surface area (Å²) in [4.78, 5) is 4.22. The fraction of sp³-hybridized carbons (Fsp3) is 0.429. The van der Waals surface area contributed by atoms with Gasteiger partial charge in [0.05, 0.1) is 19.2 Å². The summed E-state index contributed by atoms with van der Waals surface area (Å²) in [6.45, 7) is 3.98. The summed E-state index contributed by atoms with van der Waals surface area (Å²) in [6, 6.07) is 5.91. The predicted molar refractivity (Wildman–Crippen MR) is 72.1 cm³/mol. The van der Waals surface area contributed by atoms with Gasteiger partial charge in [0, 0.05) is 0 Å². The first-order valence-electron chi connectivity index (χ1n) is 6.30. The second-order valence-corrected chi connectivity index (χ2v) is 4.60. The molecule has 2 aromatic rings. The molecule has 102 valence electrons. The van der Waals surface area contributed by atoms with E-state index in [-0.39, 0.29) is 6.54 Å². The van der Waals surface area contributed by atoms with Crippen molar-refractivity contribution in [2.24, 2.45) is 0 Å². The minimum Gasteiger partial charge on any atom is -0.496 e. The van der Waals surface area contributed by atoms with Crippen LogP contribution in [0.15, 0.2) is 24.5 Å². The van der Waals surface area contributed by atoms with Crippen molar-refractivity contribution in [3.63, 3.8) is 0 Å². The smallest absolute Gasteiger partial charge is 0.184 e. The highest BCUT2D eigenvalue weighted by Crippen LogP contribution is 2.34. The molecule has 0 aliphatic heterocycles. The number of methoxy groups -OCH3 is 1. The SMILES string of the molecule is COc1c(-c2ncn(CCF)n2)cccc1C(C)C. The van der Waals surface area contributed by atoms with E-state index in [1.54, 1.807) is 7.11 Å². The maximum absolute atomic E-state index is 12.3. The molecule has 0 spiro atoms. The summed E-state index contributed by atoms with van der Waals surface area (Å²) in [6.07, 6.45) is 1.54. The number of nitrogens with zero attached hydrogens (tertiary/aromatic N) is 3. The Labute approximate surface area is 112 Å². The fourth-order valence-corrected chi connectivity index (χ4v) is 2.03. The van der Waals surface area contributed by atoms with E-state index in [4.69, 9.17) is 4.74 Å². The van der Waals surface area contributed by atoms with Crippen molar-refractivity contribution in [1.82, 2.24) is 14.8 Å². The number of alkyl halides is 1. The number of aromatic nitrogens is 3. The van der Waals surface area contributed by atoms with Crippen LogP contribution in [0.3, 0.4) is 0 Å². The molecule has 0 amide bonds. The maximum atomic E-state index is 12.3. The zero-order valence-corrected chi connectivity index (χ0v) is 11.4. The molecular weight excluding hydrogens is 245 g/mol. The second-order valence-electron chi connectivity index (χ2n) is 4.60. The minimum atomic E-state index is -0.452. The highest BCUT2D eigenvalue weighted by atomic mass is 19.1. The Bertz CT molecular complexity index is 551. The van der Waals surface area contributed by atoms with Crippen molar-refractivity contribution in [2.45, 2.75) is 26.3 Å². The van der Waals surface area contributed by atoms with Crippen LogP contribution >= 0.6 is 0 Å². The normalized spacial score (nSPS) is 11.0. The van der Waals surface area contributed by atoms with Gasteiger partial charge in [0.15, 0.2) is 5.82 Å². The van der Waals surface area contributed by atoms with E-state index >= 15 is 0 Å². The van der Waals surface area contributed by atoms with Crippen LogP contribution in [0.25, 0.3) is 11.4 Å². The van der Waals surface area contributed by atoms with Gasteiger partial charge in [-0.25, -0.2) is 14.1 Å². The largest absolute Gasteiger partial charge is 0.496 e. The molecule has 0 bridgehead atoms. The van der Waals surface area contributed by atoms with Crippen LogP contribution < -0.4 is 4.74 Å². The summed E-state index contributed by atoms with van der Waals surface area (Å²) < 4.78 is 19.3. The van der Waals surface area contributed by atoms with Crippen LogP contribution in [0.5, 0.6) is 5.75 Å². The van der Waals surface area contributed by atoms with E-state index in [1.807, 2.05) is 18.2 Å². The van der Waals surface area contributed by atoms with Crippen molar-refractivity contribution in [1.29, 1.82) is 0 Å². The molecule has 0 fully saturated rings. The molecule has 2 rings (SSSR count). The topological polar surface area (TPSA) is 39.9 Å². The van der Waals surface area contributed by atoms with E-state index in [2.05, 4.69) is 23.9 Å². The first-order chi connectivity index (χ1) is 9.17. The monoisotopic (exact) mass is 263 g/mol. The molecule has 0 unspecified atom stereocenters. The quantitative estimate of drug-likeness (QED) is 0.832. The Kier molecular flexibility index (Phi) is 4.14. The summed E-state index contributed by atoms with van der Waals surface area (Å²) in [5.74, 6) is 1.70. The molecule has 0 atom stereocenters. The van der Waals surface area contributed by atoms with Gasteiger partial charge in [-0.2, -0.15) is 5.10 Å². The van der Waals surface area contributed by atoms with Crippen molar-refractivity contribution in [3.8, 4) is 17.1 Å². The van der Waals surface area contributed by atoms with Gasteiger partial charge in [0.25, 0.3) is 0 Å². The minimum absolute atomic E-state index is 0.221. The lowest BCUT2D eigenvalue weighted by Gasteiger charge is -2.14. The van der Waals surface area contributed by atoms with Crippen LogP contribution in [0.4, 0.5) is 4.39 Å². The number of rotatable bonds is 5. The average molecular weight is 263 g/mol. The average Bonchev–Trinajstić information content (AvgIpc) is 2.86. The number of aryl methyl sites for hydroxylation is 1. The van der Waals surface area contributed by atoms with E-state index in [1.165, 1.54) is 11.0 Å². The third-order valence-electron chi connectivity index (χ3n) is 2.96. The summed E-state index contributed by atoms with van der Waals surface area (Å²) in [7, 11) is 1.64. The highest BCUT2D eigenvalue weighted by molar-refractivity contribution is 5.66. The molecule has 1 heterocycles. The molecule has 4 nitrogen and oxygen atoms in total. The third-order valence-corrected chi connectivity index (χ3v) is 2.96. The van der Waals surface area contributed by atoms with Crippen LogP contribution in [0.2, 0.25) is 0 Å². The molecule has 0 aliphatic carbocycles. The molecular formula is C14H18FN3O. The van der Waals surface area contributed by atoms with Gasteiger partial charge in [-0.3, -0.25) is 0 Å². The van der Waals surface area contributed by atoms with Crippen molar-refractivity contribution >= 4 is 0 Å². The Morgan fingerprint density at radius 1 is 1.37 bits per heavy atom. The number of halogens is 1. The predicted octanol–water partition coefficient (Wildman–Crippen LogP) is 3.05. The molecule has 1 aromatic heterocycles. The summed E-state index contributed by atoms with van der Waals surface area (Å²) in [5, 5.41) is 4.26. The van der Waals surface area contributed by atoms with Gasteiger partial charge in [-0.15, -0.1) is 0 Å². The van der Waals surface area contributed by atoms with E-state index in [0.29, 0.717) is 11.7 Å². The van der Waals surface area contributed by atoms with E-state index in [9.17, 15) is 4.39 Å². The lowest BCUT2D eigenvalue weighted by molar-refractivity contribution is 0.408. The van der Waals surface area contributed by atoms with E-state index in [0.717, 1.165) is 16.9 Å². The van der Waals surface area contributed by atoms with Crippen LogP contribution in [-0.2, 0) is 6.54 Å². The number of para-hydroxylation sites is 1. The lowest BCUT2D eigenvalue weighted by atomic mass is 9.99. The summed E-state index contributed by atoms with van der Waals surface area (Å²) in [5.41, 5.74) is 1.95. The Balaban J connectivity index is 2.45. The van der Waals surface area contributed by atoms with Gasteiger partial charge in [-0.05, 0) is 17.5 Å². The van der Waals surface area contributed by atoms with Gasteiger partial charge in [0.1, 0.15) is 18.8 Å². The molecule has 0 radical (unpaired) electrons. The van der Waals surface area contributed by atoms with Crippen molar-refractivity contribution < 1.29 is 9.13 Å². The van der Waals surface area contributed by atoms with Gasteiger partial charge in [0.2, 0.25) is 0 Å². The zero-order valence-electron chi connectivity index (χ0n) is 11.4. The molecule has 5 heteroatoms. The molecule has 19 heavy (non-hydrogen) atoms. The molecule has 0 saturated carbocycles. The van der Waals surface area contributed by atoms with Crippen LogP contribution in [0, 0.1) is 0 Å². The van der Waals surface area contributed by atoms with E-state index < -0.39 is 6.67 Å². The first kappa shape index (κ1) is 13.5. The highest BCUT2D eigenvalue weighted by Gasteiger charge is 2.15. The number of hydrogen-bond acceptors (Lipinski definition) is 3. The van der Waals surface area contributed by atoms with Crippen LogP contribution in [-0.4, -0.2) is 28.5 Å². The zero-order chi connectivity index (χ0) is 13.8. The van der Waals surface area contributed by atoms with Gasteiger partial charge >= 0.3 is 0 Å². The van der Waals surface area contributed by atoms with Crippen molar-refractivity contribution in [3.05, 3.63) is 30.1 Å². The lowest BCUT2D eigenvalue weighted by Crippen LogP contribution is -2.01. The standard InChI is InChI=1S/C14H18FN3O/c1-10(2)11-5-4-6-12(13(11)19-3)14-16-9-18(17-14)8-7-15/h4-6,9-10H,7-8H2,1-3H3. The molecule has 0 aliphatic rings. The second kappa shape index (κ2) is 5.82. The van der Waals surface area contributed by atoms with Gasteiger partial charge < -0.3 is 4.74 Å². The third kappa shape index (κ3) is 2.75. The first-order valence-corrected chi connectivity index (χ1v) is 6.30. The Hall–Kier alpha value is -1.91. The molecule has 1 aromatic carbocycles. The Morgan fingerprint density at radius 3 is 2.79 bits per heavy atom. The van der Waals surface area contributed by atoms with Gasteiger partial charge in [-0.1, -0.05) is 26.0 Å². The summed E-state index contributed by atoms with van der Waals surface area (Å²) >= 11 is 0. The fourth-order valence-electron chi connectivity index (χ4n) is 2.03. The van der Waals surface area contributed by atoms with Crippen molar-refractivity contribution in [2.75, 3.05) is 13.8 Å². The molecule has 0 N–H and O–H groups in total. The molecule has 0 saturated heterocycles. The van der Waals surface area contributed by atoms with Crippen LogP contribution in [0.1, 0.15) is 25.3 Å². The number of benzene rings is 1. The maximum Gasteiger partial charge on any atom is 0.184 e.